The van der Waals surface area contributed by atoms with E-state index in [0.29, 0.717) is 19.1 Å². The molecule has 0 saturated heterocycles. The first-order chi connectivity index (χ1) is 9.06. The van der Waals surface area contributed by atoms with E-state index in [2.05, 4.69) is 19.2 Å². The maximum atomic E-state index is 11.3. The molecule has 0 aromatic heterocycles. The van der Waals surface area contributed by atoms with Gasteiger partial charge in [0.15, 0.2) is 0 Å². The Hall–Kier alpha value is -1.30. The van der Waals surface area contributed by atoms with Gasteiger partial charge in [-0.2, -0.15) is 0 Å². The Morgan fingerprint density at radius 1 is 1.11 bits per heavy atom. The van der Waals surface area contributed by atoms with Gasteiger partial charge >= 0.3 is 12.1 Å². The first kappa shape index (κ1) is 17.7. The lowest BCUT2D eigenvalue weighted by Crippen LogP contribution is -2.28. The van der Waals surface area contributed by atoms with Crippen molar-refractivity contribution in [2.24, 2.45) is 5.92 Å². The highest BCUT2D eigenvalue weighted by Crippen LogP contribution is 2.03. The zero-order valence-electron chi connectivity index (χ0n) is 12.1. The van der Waals surface area contributed by atoms with Crippen molar-refractivity contribution in [3.8, 4) is 0 Å². The minimum atomic E-state index is -0.551. The van der Waals surface area contributed by atoms with Crippen molar-refractivity contribution < 1.29 is 23.8 Å². The monoisotopic (exact) mass is 275 g/mol. The molecule has 0 unspecified atom stereocenters. The standard InChI is InChI=1S/C13H25NO5/c1-11(2)5-4-8-18-12(15)6-7-14-13(16)19-10-9-17-3/h11H,4-10H2,1-3H3,(H,14,16). The molecule has 0 spiro atoms. The molecule has 0 aliphatic heterocycles. The summed E-state index contributed by atoms with van der Waals surface area (Å²) in [6.45, 7) is 5.46. The predicted octanol–water partition coefficient (Wildman–Crippen LogP) is 1.73. The van der Waals surface area contributed by atoms with Gasteiger partial charge < -0.3 is 19.5 Å². The lowest BCUT2D eigenvalue weighted by Gasteiger charge is -2.08. The van der Waals surface area contributed by atoms with Crippen LogP contribution in [-0.2, 0) is 19.0 Å². The first-order valence-electron chi connectivity index (χ1n) is 6.61. The summed E-state index contributed by atoms with van der Waals surface area (Å²) in [4.78, 5) is 22.4. The summed E-state index contributed by atoms with van der Waals surface area (Å²) in [7, 11) is 1.52. The van der Waals surface area contributed by atoms with Gasteiger partial charge in [-0.3, -0.25) is 4.79 Å². The van der Waals surface area contributed by atoms with Gasteiger partial charge in [0.1, 0.15) is 6.61 Å². The smallest absolute Gasteiger partial charge is 0.407 e. The molecule has 0 aromatic rings. The number of ether oxygens (including phenoxy) is 3. The molecule has 6 heteroatoms. The Morgan fingerprint density at radius 2 is 1.84 bits per heavy atom. The van der Waals surface area contributed by atoms with Crippen molar-refractivity contribution in [1.82, 2.24) is 5.32 Å². The quantitative estimate of drug-likeness (QED) is 0.485. The van der Waals surface area contributed by atoms with E-state index in [1.807, 2.05) is 0 Å². The molecule has 19 heavy (non-hydrogen) atoms. The van der Waals surface area contributed by atoms with Crippen molar-refractivity contribution in [3.05, 3.63) is 0 Å². The van der Waals surface area contributed by atoms with Crippen LogP contribution in [0.4, 0.5) is 4.79 Å². The Morgan fingerprint density at radius 3 is 2.47 bits per heavy atom. The summed E-state index contributed by atoms with van der Waals surface area (Å²) < 4.78 is 14.5. The van der Waals surface area contributed by atoms with Gasteiger partial charge in [0.25, 0.3) is 0 Å². The molecule has 0 heterocycles. The summed E-state index contributed by atoms with van der Waals surface area (Å²) in [5, 5.41) is 2.46. The van der Waals surface area contributed by atoms with Crippen LogP contribution in [-0.4, -0.2) is 45.5 Å². The van der Waals surface area contributed by atoms with E-state index < -0.39 is 6.09 Å². The molecule has 1 N–H and O–H groups in total. The number of amides is 1. The van der Waals surface area contributed by atoms with Crippen LogP contribution >= 0.6 is 0 Å². The normalized spacial score (nSPS) is 10.3. The van der Waals surface area contributed by atoms with Crippen LogP contribution in [0, 0.1) is 5.92 Å². The minimum Gasteiger partial charge on any atom is -0.466 e. The number of hydrogen-bond acceptors (Lipinski definition) is 5. The Kier molecular flexibility index (Phi) is 11.0. The Bertz CT molecular complexity index is 255. The Balaban J connectivity index is 3.39. The van der Waals surface area contributed by atoms with Crippen LogP contribution in [0.15, 0.2) is 0 Å². The van der Waals surface area contributed by atoms with Crippen molar-refractivity contribution in [1.29, 1.82) is 0 Å². The van der Waals surface area contributed by atoms with Crippen LogP contribution in [0.25, 0.3) is 0 Å². The predicted molar refractivity (Wildman–Crippen MR) is 70.9 cm³/mol. The average molecular weight is 275 g/mol. The lowest BCUT2D eigenvalue weighted by molar-refractivity contribution is -0.143. The number of rotatable bonds is 10. The van der Waals surface area contributed by atoms with Gasteiger partial charge in [-0.25, -0.2) is 4.79 Å². The summed E-state index contributed by atoms with van der Waals surface area (Å²) >= 11 is 0. The number of nitrogens with one attached hydrogen (secondary N) is 1. The molecule has 0 aliphatic carbocycles. The highest BCUT2D eigenvalue weighted by Gasteiger charge is 2.05. The number of methoxy groups -OCH3 is 1. The third-order valence-corrected chi connectivity index (χ3v) is 2.31. The van der Waals surface area contributed by atoms with Gasteiger partial charge in [-0.15, -0.1) is 0 Å². The van der Waals surface area contributed by atoms with Crippen LogP contribution in [0.3, 0.4) is 0 Å². The molecule has 0 aromatic carbocycles. The maximum absolute atomic E-state index is 11.3. The van der Waals surface area contributed by atoms with Crippen molar-refractivity contribution in [2.45, 2.75) is 33.1 Å². The molecular formula is C13H25NO5. The summed E-state index contributed by atoms with van der Waals surface area (Å²) in [5.41, 5.74) is 0. The highest BCUT2D eigenvalue weighted by atomic mass is 16.6. The molecule has 0 saturated carbocycles. The molecule has 0 radical (unpaired) electrons. The number of esters is 1. The molecule has 0 aliphatic rings. The fraction of sp³-hybridized carbons (Fsp3) is 0.846. The van der Waals surface area contributed by atoms with Gasteiger partial charge in [-0.1, -0.05) is 13.8 Å². The van der Waals surface area contributed by atoms with Crippen LogP contribution in [0.2, 0.25) is 0 Å². The number of hydrogen-bond donors (Lipinski definition) is 1. The van der Waals surface area contributed by atoms with Crippen LogP contribution < -0.4 is 5.32 Å². The molecule has 0 fully saturated rings. The van der Waals surface area contributed by atoms with Crippen molar-refractivity contribution >= 4 is 12.1 Å². The topological polar surface area (TPSA) is 73.9 Å². The molecular weight excluding hydrogens is 250 g/mol. The van der Waals surface area contributed by atoms with Crippen molar-refractivity contribution in [3.63, 3.8) is 0 Å². The third kappa shape index (κ3) is 12.9. The van der Waals surface area contributed by atoms with E-state index in [-0.39, 0.29) is 25.5 Å². The molecule has 0 bridgehead atoms. The fourth-order valence-electron chi connectivity index (χ4n) is 1.29. The van der Waals surface area contributed by atoms with E-state index in [9.17, 15) is 9.59 Å². The third-order valence-electron chi connectivity index (χ3n) is 2.31. The summed E-state index contributed by atoms with van der Waals surface area (Å²) in [5.74, 6) is 0.309. The molecule has 6 nitrogen and oxygen atoms in total. The summed E-state index contributed by atoms with van der Waals surface area (Å²) in [6, 6.07) is 0. The van der Waals surface area contributed by atoms with E-state index in [1.165, 1.54) is 7.11 Å². The lowest BCUT2D eigenvalue weighted by atomic mass is 10.1. The van der Waals surface area contributed by atoms with E-state index in [1.54, 1.807) is 0 Å². The zero-order valence-corrected chi connectivity index (χ0v) is 12.1. The first-order valence-corrected chi connectivity index (χ1v) is 6.61. The molecule has 0 rings (SSSR count). The summed E-state index contributed by atoms with van der Waals surface area (Å²) in [6.07, 6.45) is 1.51. The van der Waals surface area contributed by atoms with Gasteiger partial charge in [-0.05, 0) is 18.8 Å². The van der Waals surface area contributed by atoms with Gasteiger partial charge in [0.2, 0.25) is 0 Å². The second-order valence-corrected chi connectivity index (χ2v) is 4.56. The van der Waals surface area contributed by atoms with Crippen LogP contribution in [0.5, 0.6) is 0 Å². The largest absolute Gasteiger partial charge is 0.466 e. The second-order valence-electron chi connectivity index (χ2n) is 4.56. The second kappa shape index (κ2) is 11.8. The molecule has 1 amide bonds. The van der Waals surface area contributed by atoms with E-state index in [0.717, 1.165) is 12.8 Å². The number of alkyl carbamates (subject to hydrolysis) is 1. The number of carbonyl (C=O) groups excluding carboxylic acids is 2. The molecule has 0 atom stereocenters. The highest BCUT2D eigenvalue weighted by molar-refractivity contribution is 5.71. The SMILES string of the molecule is COCCOC(=O)NCCC(=O)OCCCC(C)C. The maximum Gasteiger partial charge on any atom is 0.407 e. The van der Waals surface area contributed by atoms with E-state index in [4.69, 9.17) is 14.2 Å². The minimum absolute atomic E-state index is 0.154. The Labute approximate surface area is 114 Å². The number of carbonyl (C=O) groups is 2. The molecule has 112 valence electrons. The zero-order chi connectivity index (χ0) is 14.5. The van der Waals surface area contributed by atoms with Gasteiger partial charge in [0, 0.05) is 13.7 Å². The van der Waals surface area contributed by atoms with E-state index >= 15 is 0 Å². The van der Waals surface area contributed by atoms with Crippen molar-refractivity contribution in [2.75, 3.05) is 33.5 Å². The van der Waals surface area contributed by atoms with Crippen LogP contribution in [0.1, 0.15) is 33.1 Å². The average Bonchev–Trinajstić information content (AvgIpc) is 2.35. The fourth-order valence-corrected chi connectivity index (χ4v) is 1.29. The van der Waals surface area contributed by atoms with Gasteiger partial charge in [0.05, 0.1) is 19.6 Å².